The summed E-state index contributed by atoms with van der Waals surface area (Å²) in [5.74, 6) is -1.17. The van der Waals surface area contributed by atoms with Crippen LogP contribution in [0.25, 0.3) is 5.82 Å². The molecule has 0 saturated carbocycles. The summed E-state index contributed by atoms with van der Waals surface area (Å²) < 4.78 is 27.4. The van der Waals surface area contributed by atoms with E-state index in [2.05, 4.69) is 14.8 Å². The molecular formula is C11H12N4O4S. The highest BCUT2D eigenvalue weighted by molar-refractivity contribution is 7.94. The van der Waals surface area contributed by atoms with Crippen LogP contribution in [-0.2, 0) is 14.8 Å². The molecule has 0 bridgehead atoms. The highest BCUT2D eigenvalue weighted by Gasteiger charge is 2.28. The zero-order valence-electron chi connectivity index (χ0n) is 10.5. The summed E-state index contributed by atoms with van der Waals surface area (Å²) in [5.41, 5.74) is 0.157. The molecule has 2 N–H and O–H groups in total. The summed E-state index contributed by atoms with van der Waals surface area (Å²) in [6.07, 6.45) is 4.60. The Balaban J connectivity index is 2.38. The lowest BCUT2D eigenvalue weighted by molar-refractivity contribution is -0.136. The smallest absolute Gasteiger partial charge is 0.323 e. The molecule has 9 heteroatoms. The van der Waals surface area contributed by atoms with Gasteiger partial charge in [-0.1, -0.05) is 0 Å². The van der Waals surface area contributed by atoms with Gasteiger partial charge in [-0.25, -0.2) is 18.1 Å². The second kappa shape index (κ2) is 5.29. The maximum Gasteiger partial charge on any atom is 0.323 e. The number of rotatable bonds is 5. The molecule has 0 amide bonds. The van der Waals surface area contributed by atoms with E-state index in [1.165, 1.54) is 29.2 Å². The molecular weight excluding hydrogens is 284 g/mol. The Morgan fingerprint density at radius 1 is 1.40 bits per heavy atom. The van der Waals surface area contributed by atoms with Crippen molar-refractivity contribution in [3.05, 3.63) is 36.8 Å². The van der Waals surface area contributed by atoms with Gasteiger partial charge in [0, 0.05) is 18.6 Å². The third-order valence-corrected chi connectivity index (χ3v) is 4.21. The molecule has 0 spiro atoms. The Bertz CT molecular complexity index is 712. The van der Waals surface area contributed by atoms with Crippen LogP contribution in [0.15, 0.2) is 36.8 Å². The molecule has 0 aliphatic carbocycles. The Labute approximate surface area is 115 Å². The summed E-state index contributed by atoms with van der Waals surface area (Å²) in [6.45, 7) is 1.09. The average molecular weight is 296 g/mol. The van der Waals surface area contributed by atoms with Crippen LogP contribution in [-0.4, -0.2) is 39.5 Å². The fourth-order valence-electron chi connectivity index (χ4n) is 1.43. The lowest BCUT2D eigenvalue weighted by Crippen LogP contribution is -2.32. The number of nitrogens with zero attached hydrogens (tertiary/aromatic N) is 3. The van der Waals surface area contributed by atoms with E-state index in [1.54, 1.807) is 12.3 Å². The van der Waals surface area contributed by atoms with Crippen molar-refractivity contribution in [2.45, 2.75) is 12.2 Å². The molecule has 0 fully saturated rings. The molecule has 2 aromatic rings. The van der Waals surface area contributed by atoms with Gasteiger partial charge in [-0.05, 0) is 25.1 Å². The summed E-state index contributed by atoms with van der Waals surface area (Å²) in [6, 6.07) is 4.68. The number of carbonyl (C=O) groups is 1. The zero-order chi connectivity index (χ0) is 14.8. The summed E-state index contributed by atoms with van der Waals surface area (Å²) in [5, 5.41) is 11.2. The largest absolute Gasteiger partial charge is 0.480 e. The van der Waals surface area contributed by atoms with Crippen molar-refractivity contribution in [3.63, 3.8) is 0 Å². The number of aliphatic carboxylic acids is 1. The van der Waals surface area contributed by atoms with Crippen molar-refractivity contribution in [1.82, 2.24) is 14.8 Å². The van der Waals surface area contributed by atoms with E-state index in [9.17, 15) is 13.2 Å². The number of hydrogen-bond donors (Lipinski definition) is 2. The molecule has 0 radical (unpaired) electrons. The van der Waals surface area contributed by atoms with Crippen molar-refractivity contribution in [2.75, 3.05) is 4.72 Å². The molecule has 106 valence electrons. The van der Waals surface area contributed by atoms with E-state index in [0.717, 1.165) is 6.92 Å². The van der Waals surface area contributed by atoms with Crippen molar-refractivity contribution < 1.29 is 18.3 Å². The van der Waals surface area contributed by atoms with Crippen molar-refractivity contribution >= 4 is 21.7 Å². The van der Waals surface area contributed by atoms with E-state index >= 15 is 0 Å². The number of carboxylic acid groups (broad SMARTS) is 1. The monoisotopic (exact) mass is 296 g/mol. The lowest BCUT2D eigenvalue weighted by atomic mass is 10.4. The van der Waals surface area contributed by atoms with Gasteiger partial charge in [0.1, 0.15) is 0 Å². The second-order valence-electron chi connectivity index (χ2n) is 3.95. The van der Waals surface area contributed by atoms with Gasteiger partial charge in [0.05, 0.1) is 5.69 Å². The van der Waals surface area contributed by atoms with Gasteiger partial charge in [-0.2, -0.15) is 5.10 Å². The van der Waals surface area contributed by atoms with E-state index in [0.29, 0.717) is 0 Å². The summed E-state index contributed by atoms with van der Waals surface area (Å²) in [4.78, 5) is 14.8. The summed E-state index contributed by atoms with van der Waals surface area (Å²) >= 11 is 0. The van der Waals surface area contributed by atoms with Crippen LogP contribution < -0.4 is 4.72 Å². The van der Waals surface area contributed by atoms with E-state index < -0.39 is 21.2 Å². The van der Waals surface area contributed by atoms with Crippen LogP contribution in [0.2, 0.25) is 0 Å². The molecule has 0 saturated heterocycles. The minimum atomic E-state index is -4.06. The highest BCUT2D eigenvalue weighted by Crippen LogP contribution is 2.19. The normalized spacial score (nSPS) is 12.8. The Hall–Kier alpha value is -2.42. The highest BCUT2D eigenvalue weighted by atomic mass is 32.2. The van der Waals surface area contributed by atoms with Gasteiger partial charge in [0.15, 0.2) is 11.1 Å². The molecule has 2 heterocycles. The van der Waals surface area contributed by atoms with E-state index in [1.807, 2.05) is 0 Å². The maximum absolute atomic E-state index is 11.9. The number of nitrogens with one attached hydrogen (secondary N) is 1. The van der Waals surface area contributed by atoms with Crippen molar-refractivity contribution in [3.8, 4) is 5.82 Å². The van der Waals surface area contributed by atoms with Crippen LogP contribution in [0.1, 0.15) is 6.92 Å². The minimum Gasteiger partial charge on any atom is -0.480 e. The first-order valence-electron chi connectivity index (χ1n) is 5.61. The van der Waals surface area contributed by atoms with Crippen LogP contribution in [0.5, 0.6) is 0 Å². The summed E-state index contributed by atoms with van der Waals surface area (Å²) in [7, 11) is -4.06. The number of sulfonamides is 1. The molecule has 1 unspecified atom stereocenters. The third-order valence-electron chi connectivity index (χ3n) is 2.57. The Morgan fingerprint density at radius 2 is 2.15 bits per heavy atom. The maximum atomic E-state index is 11.9. The fraction of sp³-hybridized carbons (Fsp3) is 0.182. The number of pyridine rings is 1. The number of carboxylic acids is 1. The molecule has 2 aromatic heterocycles. The third kappa shape index (κ3) is 2.77. The van der Waals surface area contributed by atoms with Crippen LogP contribution in [0.3, 0.4) is 0 Å². The number of anilines is 1. The zero-order valence-corrected chi connectivity index (χ0v) is 11.3. The molecule has 0 aromatic carbocycles. The van der Waals surface area contributed by atoms with Gasteiger partial charge in [0.25, 0.3) is 0 Å². The average Bonchev–Trinajstić information content (AvgIpc) is 2.91. The van der Waals surface area contributed by atoms with Gasteiger partial charge in [-0.15, -0.1) is 0 Å². The molecule has 0 aliphatic heterocycles. The lowest BCUT2D eigenvalue weighted by Gasteiger charge is -2.13. The second-order valence-corrected chi connectivity index (χ2v) is 5.95. The van der Waals surface area contributed by atoms with Crippen LogP contribution in [0.4, 0.5) is 5.69 Å². The van der Waals surface area contributed by atoms with Gasteiger partial charge in [0.2, 0.25) is 10.0 Å². The van der Waals surface area contributed by atoms with Crippen molar-refractivity contribution in [1.29, 1.82) is 0 Å². The van der Waals surface area contributed by atoms with Gasteiger partial charge in [-0.3, -0.25) is 9.52 Å². The predicted molar refractivity (Wildman–Crippen MR) is 71.0 cm³/mol. The Kier molecular flexibility index (Phi) is 3.70. The van der Waals surface area contributed by atoms with Gasteiger partial charge < -0.3 is 5.11 Å². The Morgan fingerprint density at radius 3 is 2.75 bits per heavy atom. The predicted octanol–water partition coefficient (Wildman–Crippen LogP) is 0.482. The molecule has 0 aliphatic rings. The molecule has 8 nitrogen and oxygen atoms in total. The first-order chi connectivity index (χ1) is 9.42. The van der Waals surface area contributed by atoms with Gasteiger partial charge >= 0.3 is 5.97 Å². The first-order valence-corrected chi connectivity index (χ1v) is 7.16. The standard InChI is InChI=1S/C11H12N4O4S/c1-8(11(16)17)20(18,19)14-9-4-2-5-12-10(9)15-7-3-6-13-15/h2-8,14H,1H3,(H,16,17). The van der Waals surface area contributed by atoms with Crippen LogP contribution in [0, 0.1) is 0 Å². The number of aromatic nitrogens is 3. The first kappa shape index (κ1) is 14.0. The number of hydrogen-bond acceptors (Lipinski definition) is 5. The minimum absolute atomic E-state index is 0.157. The van der Waals surface area contributed by atoms with Crippen LogP contribution >= 0.6 is 0 Å². The SMILES string of the molecule is CC(C(=O)O)S(=O)(=O)Nc1cccnc1-n1cccn1. The molecule has 2 rings (SSSR count). The van der Waals surface area contributed by atoms with Crippen molar-refractivity contribution in [2.24, 2.45) is 0 Å². The topological polar surface area (TPSA) is 114 Å². The quantitative estimate of drug-likeness (QED) is 0.829. The van der Waals surface area contributed by atoms with E-state index in [-0.39, 0.29) is 11.5 Å². The molecule has 1 atom stereocenters. The molecule has 20 heavy (non-hydrogen) atoms. The fourth-order valence-corrected chi connectivity index (χ4v) is 2.34. The van der Waals surface area contributed by atoms with E-state index in [4.69, 9.17) is 5.11 Å².